The first-order valence-electron chi connectivity index (χ1n) is 17.5. The van der Waals surface area contributed by atoms with E-state index in [0.29, 0.717) is 0 Å². The number of rotatable bonds is 13. The van der Waals surface area contributed by atoms with Gasteiger partial charge >= 0.3 is 5.97 Å². The molecule has 2 atom stereocenters. The molecule has 2 heterocycles. The number of aromatic nitrogens is 2. The van der Waals surface area contributed by atoms with Crippen LogP contribution in [0.3, 0.4) is 0 Å². The number of nitrogens with one attached hydrogen (secondary N) is 1. The van der Waals surface area contributed by atoms with E-state index in [1.165, 1.54) is 74.5 Å². The number of ether oxygens (including phenoxy) is 1. The molecule has 0 aliphatic rings. The van der Waals surface area contributed by atoms with E-state index in [-0.39, 0.29) is 56.6 Å². The normalized spacial score (nSPS) is 12.7. The molecule has 6 aromatic rings. The van der Waals surface area contributed by atoms with Crippen molar-refractivity contribution in [3.63, 3.8) is 0 Å². The second-order valence-electron chi connectivity index (χ2n) is 13.1. The molecule has 6 rings (SSSR count). The molecular formula is C42H33F4N3O7S2. The fourth-order valence-corrected chi connectivity index (χ4v) is 10.1. The number of halogens is 4. The zero-order valence-electron chi connectivity index (χ0n) is 30.7. The van der Waals surface area contributed by atoms with E-state index in [1.807, 2.05) is 0 Å². The molecule has 0 radical (unpaired) electrons. The molecule has 4 aromatic carbocycles. The number of carbonyl (C=O) groups is 2. The van der Waals surface area contributed by atoms with Crippen LogP contribution in [0.5, 0.6) is 0 Å². The summed E-state index contributed by atoms with van der Waals surface area (Å²) in [5.74, 6) is -5.28. The third kappa shape index (κ3) is 8.67. The summed E-state index contributed by atoms with van der Waals surface area (Å²) >= 11 is 0. The number of benzene rings is 4. The van der Waals surface area contributed by atoms with Crippen LogP contribution in [0.2, 0.25) is 0 Å². The fourth-order valence-electron chi connectivity index (χ4n) is 6.32. The van der Waals surface area contributed by atoms with E-state index >= 15 is 8.78 Å². The van der Waals surface area contributed by atoms with Crippen LogP contribution in [0.1, 0.15) is 64.9 Å². The van der Waals surface area contributed by atoms with Gasteiger partial charge in [-0.05, 0) is 109 Å². The Hall–Kier alpha value is -6.26. The van der Waals surface area contributed by atoms with E-state index in [1.54, 1.807) is 12.1 Å². The molecule has 0 aliphatic heterocycles. The van der Waals surface area contributed by atoms with Crippen LogP contribution in [-0.2, 0) is 24.4 Å². The summed E-state index contributed by atoms with van der Waals surface area (Å²) in [5.41, 5.74) is -0.803. The number of nitrogens with zero attached hydrogens (tertiary/aromatic N) is 2. The van der Waals surface area contributed by atoms with Crippen molar-refractivity contribution in [1.29, 1.82) is 0 Å². The Morgan fingerprint density at radius 3 is 1.48 bits per heavy atom. The predicted octanol–water partition coefficient (Wildman–Crippen LogP) is 7.36. The molecule has 0 aliphatic carbocycles. The number of hydrogen-bond donors (Lipinski definition) is 1. The highest BCUT2D eigenvalue weighted by molar-refractivity contribution is 7.92. The standard InChI is InChI=1S/C42H33F4N3O7S2/c1-25-19-37(48-23-33(25)39(31-21-27(43)13-15-35(31)45)57(52,53)29-9-5-3-6-10-29)41(50)47-17-18-56-42(51)38-20-26(2)34(24-49-38)40(32-22-28(44)14-16-36(32)46)58(54,55)30-11-7-4-8-12-30/h3-16,19-24,39-40H,17-18H2,1-2H3,(H,47,50). The Morgan fingerprint density at radius 2 is 1.03 bits per heavy atom. The van der Waals surface area contributed by atoms with E-state index in [2.05, 4.69) is 15.3 Å². The quantitative estimate of drug-likeness (QED) is 0.0716. The molecule has 298 valence electrons. The third-order valence-electron chi connectivity index (χ3n) is 9.18. The molecule has 2 aromatic heterocycles. The minimum Gasteiger partial charge on any atom is -0.459 e. The zero-order valence-corrected chi connectivity index (χ0v) is 32.3. The van der Waals surface area contributed by atoms with Gasteiger partial charge in [-0.2, -0.15) is 0 Å². The Kier molecular flexibility index (Phi) is 12.2. The largest absolute Gasteiger partial charge is 0.459 e. The lowest BCUT2D eigenvalue weighted by Crippen LogP contribution is -2.29. The summed E-state index contributed by atoms with van der Waals surface area (Å²) in [4.78, 5) is 33.8. The maximum absolute atomic E-state index is 15.1. The number of sulfone groups is 2. The lowest BCUT2D eigenvalue weighted by molar-refractivity contribution is 0.0496. The smallest absolute Gasteiger partial charge is 0.356 e. The zero-order chi connectivity index (χ0) is 41.8. The number of esters is 1. The van der Waals surface area contributed by atoms with Crippen LogP contribution in [0, 0.1) is 37.1 Å². The number of pyridine rings is 2. The molecule has 0 spiro atoms. The summed E-state index contributed by atoms with van der Waals surface area (Å²) < 4.78 is 119. The highest BCUT2D eigenvalue weighted by Gasteiger charge is 2.36. The van der Waals surface area contributed by atoms with Crippen molar-refractivity contribution in [3.8, 4) is 0 Å². The monoisotopic (exact) mass is 831 g/mol. The van der Waals surface area contributed by atoms with Gasteiger partial charge in [-0.15, -0.1) is 0 Å². The van der Waals surface area contributed by atoms with Crippen LogP contribution in [0.25, 0.3) is 0 Å². The van der Waals surface area contributed by atoms with Gasteiger partial charge < -0.3 is 10.1 Å². The summed E-state index contributed by atoms with van der Waals surface area (Å²) in [5, 5.41) is -0.900. The lowest BCUT2D eigenvalue weighted by Gasteiger charge is -2.21. The molecule has 10 nitrogen and oxygen atoms in total. The second kappa shape index (κ2) is 17.1. The van der Waals surface area contributed by atoms with Gasteiger partial charge in [0.2, 0.25) is 0 Å². The average molecular weight is 832 g/mol. The molecule has 0 fully saturated rings. The van der Waals surface area contributed by atoms with Gasteiger partial charge in [0.1, 0.15) is 51.8 Å². The first kappa shape index (κ1) is 41.4. The van der Waals surface area contributed by atoms with Crippen molar-refractivity contribution < 1.29 is 48.7 Å². The van der Waals surface area contributed by atoms with Gasteiger partial charge in [0.05, 0.1) is 16.3 Å². The highest BCUT2D eigenvalue weighted by Crippen LogP contribution is 2.39. The molecule has 2 unspecified atom stereocenters. The van der Waals surface area contributed by atoms with Crippen molar-refractivity contribution in [3.05, 3.63) is 190 Å². The number of aryl methyl sites for hydroxylation is 2. The van der Waals surface area contributed by atoms with E-state index in [9.17, 15) is 35.2 Å². The topological polar surface area (TPSA) is 149 Å². The molecule has 58 heavy (non-hydrogen) atoms. The lowest BCUT2D eigenvalue weighted by atomic mass is 10.0. The predicted molar refractivity (Wildman–Crippen MR) is 204 cm³/mol. The molecular weight excluding hydrogens is 799 g/mol. The van der Waals surface area contributed by atoms with Crippen LogP contribution in [0.15, 0.2) is 131 Å². The summed E-state index contributed by atoms with van der Waals surface area (Å²) in [7, 11) is -8.71. The van der Waals surface area contributed by atoms with Gasteiger partial charge in [-0.3, -0.25) is 9.78 Å². The third-order valence-corrected chi connectivity index (χ3v) is 13.3. The maximum atomic E-state index is 15.1. The van der Waals surface area contributed by atoms with Crippen LogP contribution in [-0.4, -0.2) is 51.8 Å². The van der Waals surface area contributed by atoms with Gasteiger partial charge in [0, 0.05) is 23.5 Å². The van der Waals surface area contributed by atoms with E-state index in [0.717, 1.165) is 48.8 Å². The minimum absolute atomic E-state index is 0.00368. The summed E-state index contributed by atoms with van der Waals surface area (Å²) in [6.07, 6.45) is 2.19. The Morgan fingerprint density at radius 1 is 0.603 bits per heavy atom. The van der Waals surface area contributed by atoms with Crippen LogP contribution in [0.4, 0.5) is 17.6 Å². The van der Waals surface area contributed by atoms with Crippen molar-refractivity contribution in [2.24, 2.45) is 0 Å². The number of hydrogen-bond acceptors (Lipinski definition) is 9. The van der Waals surface area contributed by atoms with Crippen molar-refractivity contribution in [2.75, 3.05) is 13.2 Å². The molecule has 1 N–H and O–H groups in total. The Bertz CT molecular complexity index is 2550. The van der Waals surface area contributed by atoms with E-state index < -0.39 is 76.4 Å². The highest BCUT2D eigenvalue weighted by atomic mass is 32.2. The number of carbonyl (C=O) groups excluding carboxylic acids is 2. The maximum Gasteiger partial charge on any atom is 0.356 e. The fraction of sp³-hybridized carbons (Fsp3) is 0.143. The van der Waals surface area contributed by atoms with Crippen LogP contribution >= 0.6 is 0 Å². The van der Waals surface area contributed by atoms with Crippen molar-refractivity contribution in [1.82, 2.24) is 15.3 Å². The molecule has 16 heteroatoms. The van der Waals surface area contributed by atoms with Gasteiger partial charge in [-0.25, -0.2) is 44.2 Å². The average Bonchev–Trinajstić information content (AvgIpc) is 3.20. The van der Waals surface area contributed by atoms with Crippen molar-refractivity contribution in [2.45, 2.75) is 34.1 Å². The first-order valence-corrected chi connectivity index (χ1v) is 20.5. The first-order chi connectivity index (χ1) is 27.6. The van der Waals surface area contributed by atoms with Gasteiger partial charge in [0.15, 0.2) is 19.7 Å². The number of amides is 1. The SMILES string of the molecule is Cc1cc(C(=O)NCCOC(=O)c2cc(C)c(C(c3cc(F)ccc3F)S(=O)(=O)c3ccccc3)cn2)ncc1C(c1cc(F)ccc1F)S(=O)(=O)c1ccccc1. The van der Waals surface area contributed by atoms with Crippen LogP contribution < -0.4 is 5.32 Å². The molecule has 0 saturated carbocycles. The summed E-state index contributed by atoms with van der Waals surface area (Å²) in [6.45, 7) is 2.42. The second-order valence-corrected chi connectivity index (χ2v) is 17.1. The van der Waals surface area contributed by atoms with Gasteiger partial charge in [0.25, 0.3) is 5.91 Å². The molecule has 0 bridgehead atoms. The van der Waals surface area contributed by atoms with E-state index in [4.69, 9.17) is 4.74 Å². The van der Waals surface area contributed by atoms with Crippen molar-refractivity contribution >= 4 is 31.6 Å². The molecule has 1 amide bonds. The molecule has 0 saturated heterocycles. The Labute approximate surface area is 331 Å². The summed E-state index contributed by atoms with van der Waals surface area (Å²) in [6, 6.07) is 22.0. The Balaban J connectivity index is 1.16. The van der Waals surface area contributed by atoms with Gasteiger partial charge in [-0.1, -0.05) is 36.4 Å². The minimum atomic E-state index is -4.36.